The summed E-state index contributed by atoms with van der Waals surface area (Å²) in [5.74, 6) is 1.87. The van der Waals surface area contributed by atoms with Crippen molar-refractivity contribution in [2.75, 3.05) is 16.8 Å². The fourth-order valence-corrected chi connectivity index (χ4v) is 4.45. The van der Waals surface area contributed by atoms with Crippen molar-refractivity contribution < 1.29 is 0 Å². The van der Waals surface area contributed by atoms with Crippen LogP contribution in [0.4, 0.5) is 17.7 Å². The minimum Gasteiger partial charge on any atom is -0.351 e. The standard InChI is InChI=1S/C27H29N7O/c1-19(15-20-7-5-8-21(16-20)18-28)30-26-29-12-11-24(32-26)33-13-6-14-34-25(35)17-23(31-27(33)34)22-9-3-2-4-10-22/h2-5,7-12,16-17,19H,6,13-15,18,28H2,1H3,(H,29,30,32)/t19-/m0/s1. The van der Waals surface area contributed by atoms with E-state index in [9.17, 15) is 4.79 Å². The van der Waals surface area contributed by atoms with Crippen LogP contribution in [0.15, 0.2) is 77.7 Å². The van der Waals surface area contributed by atoms with Gasteiger partial charge in [0.25, 0.3) is 5.56 Å². The molecule has 0 amide bonds. The Morgan fingerprint density at radius 2 is 1.83 bits per heavy atom. The molecule has 0 fully saturated rings. The second-order valence-corrected chi connectivity index (χ2v) is 8.81. The first-order chi connectivity index (χ1) is 17.1. The summed E-state index contributed by atoms with van der Waals surface area (Å²) in [4.78, 5) is 29.0. The number of aromatic nitrogens is 4. The van der Waals surface area contributed by atoms with Crippen molar-refractivity contribution in [3.8, 4) is 11.3 Å². The Labute approximate surface area is 204 Å². The SMILES string of the molecule is C[C@@H](Cc1cccc(CN)c1)Nc1nccc(N2CCCn3c2nc(-c2ccccc2)cc3=O)n1. The summed E-state index contributed by atoms with van der Waals surface area (Å²) in [5, 5.41) is 3.41. The zero-order valence-corrected chi connectivity index (χ0v) is 19.8. The summed E-state index contributed by atoms with van der Waals surface area (Å²) >= 11 is 0. The van der Waals surface area contributed by atoms with Gasteiger partial charge >= 0.3 is 0 Å². The molecule has 1 aliphatic rings. The summed E-state index contributed by atoms with van der Waals surface area (Å²) in [7, 11) is 0. The van der Waals surface area contributed by atoms with Crippen LogP contribution in [0.1, 0.15) is 24.5 Å². The number of benzene rings is 2. The third-order valence-electron chi connectivity index (χ3n) is 6.12. The van der Waals surface area contributed by atoms with E-state index < -0.39 is 0 Å². The monoisotopic (exact) mass is 467 g/mol. The van der Waals surface area contributed by atoms with Crippen molar-refractivity contribution in [3.63, 3.8) is 0 Å². The van der Waals surface area contributed by atoms with Crippen LogP contribution >= 0.6 is 0 Å². The number of nitrogens with two attached hydrogens (primary N) is 1. The molecule has 3 N–H and O–H groups in total. The smallest absolute Gasteiger partial charge is 0.255 e. The van der Waals surface area contributed by atoms with E-state index in [2.05, 4.69) is 29.4 Å². The molecule has 35 heavy (non-hydrogen) atoms. The number of anilines is 3. The lowest BCUT2D eigenvalue weighted by molar-refractivity contribution is 0.561. The van der Waals surface area contributed by atoms with E-state index >= 15 is 0 Å². The normalized spacial score (nSPS) is 13.8. The molecule has 0 bridgehead atoms. The Hall–Kier alpha value is -4.04. The summed E-state index contributed by atoms with van der Waals surface area (Å²) < 4.78 is 1.72. The van der Waals surface area contributed by atoms with Crippen LogP contribution in [0, 0.1) is 0 Å². The van der Waals surface area contributed by atoms with Gasteiger partial charge in [-0.2, -0.15) is 4.98 Å². The van der Waals surface area contributed by atoms with Crippen molar-refractivity contribution in [3.05, 3.63) is 94.4 Å². The van der Waals surface area contributed by atoms with Crippen molar-refractivity contribution in [2.45, 2.75) is 38.9 Å². The molecule has 5 rings (SSSR count). The zero-order chi connectivity index (χ0) is 24.2. The topological polar surface area (TPSA) is 102 Å². The van der Waals surface area contributed by atoms with Crippen LogP contribution in [0.25, 0.3) is 11.3 Å². The third kappa shape index (κ3) is 5.07. The summed E-state index contributed by atoms with van der Waals surface area (Å²) in [5.41, 5.74) is 9.63. The number of nitrogens with zero attached hydrogens (tertiary/aromatic N) is 5. The first-order valence-electron chi connectivity index (χ1n) is 11.9. The largest absolute Gasteiger partial charge is 0.351 e. The van der Waals surface area contributed by atoms with Gasteiger partial charge in [-0.05, 0) is 37.0 Å². The van der Waals surface area contributed by atoms with Crippen molar-refractivity contribution in [1.82, 2.24) is 19.5 Å². The highest BCUT2D eigenvalue weighted by Crippen LogP contribution is 2.27. The molecule has 1 aliphatic heterocycles. The minimum absolute atomic E-state index is 0.0562. The molecule has 0 aliphatic carbocycles. The zero-order valence-electron chi connectivity index (χ0n) is 19.8. The second-order valence-electron chi connectivity index (χ2n) is 8.81. The molecule has 2 aromatic heterocycles. The van der Waals surface area contributed by atoms with Crippen molar-refractivity contribution in [1.29, 1.82) is 0 Å². The van der Waals surface area contributed by atoms with E-state index in [0.29, 0.717) is 36.5 Å². The lowest BCUT2D eigenvalue weighted by Crippen LogP contribution is -2.36. The van der Waals surface area contributed by atoms with E-state index in [1.54, 1.807) is 16.8 Å². The highest BCUT2D eigenvalue weighted by atomic mass is 16.1. The maximum absolute atomic E-state index is 12.9. The van der Waals surface area contributed by atoms with Gasteiger partial charge < -0.3 is 11.1 Å². The van der Waals surface area contributed by atoms with Crippen LogP contribution < -0.4 is 21.5 Å². The summed E-state index contributed by atoms with van der Waals surface area (Å²) in [6, 6.07) is 21.7. The Morgan fingerprint density at radius 1 is 1.00 bits per heavy atom. The lowest BCUT2D eigenvalue weighted by atomic mass is 10.0. The molecular formula is C27H29N7O. The van der Waals surface area contributed by atoms with Gasteiger partial charge in [-0.1, -0.05) is 54.6 Å². The molecule has 1 atom stereocenters. The van der Waals surface area contributed by atoms with Gasteiger partial charge in [0, 0.05) is 43.5 Å². The molecule has 8 heteroatoms. The van der Waals surface area contributed by atoms with Gasteiger partial charge in [0.2, 0.25) is 11.9 Å². The maximum Gasteiger partial charge on any atom is 0.255 e. The summed E-state index contributed by atoms with van der Waals surface area (Å²) in [6.07, 6.45) is 3.40. The quantitative estimate of drug-likeness (QED) is 0.427. The first kappa shape index (κ1) is 22.7. The minimum atomic E-state index is -0.0562. The molecule has 0 saturated carbocycles. The van der Waals surface area contributed by atoms with Gasteiger partial charge in [-0.3, -0.25) is 14.3 Å². The highest BCUT2D eigenvalue weighted by molar-refractivity contribution is 5.63. The van der Waals surface area contributed by atoms with Crippen LogP contribution in [0.2, 0.25) is 0 Å². The summed E-state index contributed by atoms with van der Waals surface area (Å²) in [6.45, 7) is 4.00. The average Bonchev–Trinajstić information content (AvgIpc) is 2.89. The predicted octanol–water partition coefficient (Wildman–Crippen LogP) is 3.74. The van der Waals surface area contributed by atoms with Crippen LogP contribution in [-0.2, 0) is 19.5 Å². The van der Waals surface area contributed by atoms with Crippen LogP contribution in [0.3, 0.4) is 0 Å². The lowest BCUT2D eigenvalue weighted by Gasteiger charge is -2.30. The Bertz CT molecular complexity index is 1370. The number of nitrogens with one attached hydrogen (secondary N) is 1. The van der Waals surface area contributed by atoms with Gasteiger partial charge in [-0.15, -0.1) is 0 Å². The molecule has 0 radical (unpaired) electrons. The number of hydrogen-bond donors (Lipinski definition) is 2. The molecule has 178 valence electrons. The van der Waals surface area contributed by atoms with E-state index in [4.69, 9.17) is 15.7 Å². The molecule has 0 spiro atoms. The molecular weight excluding hydrogens is 438 g/mol. The predicted molar refractivity (Wildman–Crippen MR) is 139 cm³/mol. The molecule has 0 saturated heterocycles. The van der Waals surface area contributed by atoms with Gasteiger partial charge in [0.1, 0.15) is 5.82 Å². The van der Waals surface area contributed by atoms with E-state index in [-0.39, 0.29) is 11.6 Å². The molecule has 3 heterocycles. The average molecular weight is 468 g/mol. The second kappa shape index (κ2) is 10.1. The molecule has 0 unspecified atom stereocenters. The first-order valence-corrected chi connectivity index (χ1v) is 11.9. The fourth-order valence-electron chi connectivity index (χ4n) is 4.45. The Morgan fingerprint density at radius 3 is 2.66 bits per heavy atom. The molecule has 8 nitrogen and oxygen atoms in total. The van der Waals surface area contributed by atoms with Gasteiger partial charge in [0.05, 0.1) is 5.69 Å². The number of fused-ring (bicyclic) bond motifs is 1. The van der Waals surface area contributed by atoms with E-state index in [1.165, 1.54) is 5.56 Å². The fraction of sp³-hybridized carbons (Fsp3) is 0.259. The van der Waals surface area contributed by atoms with Crippen LogP contribution in [-0.4, -0.2) is 32.1 Å². The maximum atomic E-state index is 12.9. The van der Waals surface area contributed by atoms with Crippen LogP contribution in [0.5, 0.6) is 0 Å². The Balaban J connectivity index is 1.40. The highest BCUT2D eigenvalue weighted by Gasteiger charge is 2.23. The van der Waals surface area contributed by atoms with Gasteiger partial charge in [0.15, 0.2) is 0 Å². The Kier molecular flexibility index (Phi) is 6.54. The van der Waals surface area contributed by atoms with Crippen molar-refractivity contribution >= 4 is 17.7 Å². The molecule has 4 aromatic rings. The number of rotatable bonds is 7. The number of hydrogen-bond acceptors (Lipinski definition) is 7. The third-order valence-corrected chi connectivity index (χ3v) is 6.12. The van der Waals surface area contributed by atoms with Gasteiger partial charge in [-0.25, -0.2) is 9.97 Å². The van der Waals surface area contributed by atoms with Crippen molar-refractivity contribution in [2.24, 2.45) is 5.73 Å². The van der Waals surface area contributed by atoms with E-state index in [0.717, 1.165) is 30.5 Å². The van der Waals surface area contributed by atoms with E-state index in [1.807, 2.05) is 53.4 Å². The molecule has 2 aromatic carbocycles.